The number of carbonyl (C=O) groups is 1. The van der Waals surface area contributed by atoms with E-state index in [-0.39, 0.29) is 5.91 Å². The fourth-order valence-corrected chi connectivity index (χ4v) is 4.01. The van der Waals surface area contributed by atoms with E-state index in [1.165, 1.54) is 0 Å². The third kappa shape index (κ3) is 5.25. The number of hydrogen-bond acceptors (Lipinski definition) is 2. The molecule has 0 fully saturated rings. The summed E-state index contributed by atoms with van der Waals surface area (Å²) in [5.74, 6) is 1.17. The molecular formula is C22H28Cl2N2O. The minimum atomic E-state index is -0.747. The number of nitrogens with zero attached hydrogens (tertiary/aromatic N) is 2. The van der Waals surface area contributed by atoms with Gasteiger partial charge in [0, 0.05) is 38.9 Å². The van der Waals surface area contributed by atoms with Crippen LogP contribution in [0.4, 0.5) is 0 Å². The van der Waals surface area contributed by atoms with Crippen LogP contribution in [0.25, 0.3) is 0 Å². The van der Waals surface area contributed by atoms with Crippen molar-refractivity contribution in [3.05, 3.63) is 71.8 Å². The van der Waals surface area contributed by atoms with Crippen LogP contribution in [-0.2, 0) is 10.2 Å². The molecule has 0 bridgehead atoms. The van der Waals surface area contributed by atoms with E-state index in [4.69, 9.17) is 23.2 Å². The van der Waals surface area contributed by atoms with Crippen molar-refractivity contribution in [2.75, 3.05) is 45.5 Å². The molecule has 5 heteroatoms. The molecule has 0 heterocycles. The molecule has 0 atom stereocenters. The molecule has 0 spiro atoms. The van der Waals surface area contributed by atoms with E-state index in [9.17, 15) is 4.79 Å². The Bertz CT molecular complexity index is 646. The van der Waals surface area contributed by atoms with Gasteiger partial charge in [0.2, 0.25) is 5.91 Å². The second kappa shape index (κ2) is 10.7. The lowest BCUT2D eigenvalue weighted by Crippen LogP contribution is -2.47. The average molecular weight is 407 g/mol. The van der Waals surface area contributed by atoms with E-state index in [0.717, 1.165) is 30.8 Å². The molecule has 146 valence electrons. The maximum Gasteiger partial charge on any atom is 0.237 e. The fourth-order valence-electron chi connectivity index (χ4n) is 3.54. The highest BCUT2D eigenvalue weighted by Crippen LogP contribution is 2.37. The van der Waals surface area contributed by atoms with Gasteiger partial charge in [-0.3, -0.25) is 4.79 Å². The minimum absolute atomic E-state index is 0.0802. The summed E-state index contributed by atoms with van der Waals surface area (Å²) in [6.45, 7) is 2.25. The van der Waals surface area contributed by atoms with Crippen molar-refractivity contribution in [3.8, 4) is 0 Å². The molecule has 2 aromatic carbocycles. The molecule has 0 unspecified atom stereocenters. The minimum Gasteiger partial charge on any atom is -0.348 e. The van der Waals surface area contributed by atoms with Gasteiger partial charge >= 0.3 is 0 Å². The summed E-state index contributed by atoms with van der Waals surface area (Å²) in [6, 6.07) is 20.1. The van der Waals surface area contributed by atoms with Crippen LogP contribution in [0.5, 0.6) is 0 Å². The molecule has 0 N–H and O–H groups in total. The van der Waals surface area contributed by atoms with E-state index in [0.29, 0.717) is 18.2 Å². The summed E-state index contributed by atoms with van der Waals surface area (Å²) < 4.78 is 0. The van der Waals surface area contributed by atoms with E-state index in [1.807, 2.05) is 74.8 Å². The normalized spacial score (nSPS) is 11.6. The SMILES string of the molecule is CN(C)C(=O)C(CCN(CCCl)CCCl)(c1ccccc1)c1ccccc1. The van der Waals surface area contributed by atoms with Crippen LogP contribution in [0.1, 0.15) is 17.5 Å². The lowest BCUT2D eigenvalue weighted by molar-refractivity contribution is -0.133. The molecule has 0 radical (unpaired) electrons. The number of likely N-dealkylation sites (N-methyl/N-ethyl adjacent to an activating group) is 1. The van der Waals surface area contributed by atoms with Crippen molar-refractivity contribution >= 4 is 29.1 Å². The first-order valence-electron chi connectivity index (χ1n) is 9.23. The number of alkyl halides is 2. The second-order valence-corrected chi connectivity index (χ2v) is 7.56. The molecule has 2 aromatic rings. The molecule has 0 aliphatic heterocycles. The first-order valence-corrected chi connectivity index (χ1v) is 10.3. The van der Waals surface area contributed by atoms with Crippen molar-refractivity contribution in [1.29, 1.82) is 0 Å². The van der Waals surface area contributed by atoms with E-state index in [2.05, 4.69) is 4.90 Å². The maximum atomic E-state index is 13.5. The van der Waals surface area contributed by atoms with E-state index in [1.54, 1.807) is 4.90 Å². The summed E-state index contributed by atoms with van der Waals surface area (Å²) in [7, 11) is 3.64. The first kappa shape index (κ1) is 21.7. The highest BCUT2D eigenvalue weighted by Gasteiger charge is 2.42. The van der Waals surface area contributed by atoms with Gasteiger partial charge in [-0.1, -0.05) is 60.7 Å². The van der Waals surface area contributed by atoms with Gasteiger partial charge in [0.1, 0.15) is 5.41 Å². The van der Waals surface area contributed by atoms with Gasteiger partial charge in [-0.15, -0.1) is 23.2 Å². The Morgan fingerprint density at radius 1 is 0.815 bits per heavy atom. The van der Waals surface area contributed by atoms with Crippen LogP contribution in [0.3, 0.4) is 0 Å². The predicted octanol–water partition coefficient (Wildman–Crippen LogP) is 4.23. The molecule has 0 aliphatic carbocycles. The molecule has 2 rings (SSSR count). The lowest BCUT2D eigenvalue weighted by Gasteiger charge is -2.37. The van der Waals surface area contributed by atoms with E-state index >= 15 is 0 Å². The van der Waals surface area contributed by atoms with Gasteiger partial charge in [0.15, 0.2) is 0 Å². The van der Waals surface area contributed by atoms with Gasteiger partial charge < -0.3 is 9.80 Å². The van der Waals surface area contributed by atoms with Crippen LogP contribution in [0, 0.1) is 0 Å². The van der Waals surface area contributed by atoms with Gasteiger partial charge in [-0.05, 0) is 24.1 Å². The number of halogens is 2. The molecule has 0 saturated heterocycles. The molecule has 3 nitrogen and oxygen atoms in total. The van der Waals surface area contributed by atoms with Crippen molar-refractivity contribution in [2.24, 2.45) is 0 Å². The van der Waals surface area contributed by atoms with Gasteiger partial charge in [0.05, 0.1) is 0 Å². The zero-order valence-corrected chi connectivity index (χ0v) is 17.6. The second-order valence-electron chi connectivity index (χ2n) is 6.81. The molecule has 1 amide bonds. The Labute approximate surface area is 172 Å². The zero-order chi connectivity index (χ0) is 19.7. The maximum absolute atomic E-state index is 13.5. The Kier molecular flexibility index (Phi) is 8.62. The summed E-state index contributed by atoms with van der Waals surface area (Å²) in [5.41, 5.74) is 1.27. The van der Waals surface area contributed by atoms with Crippen molar-refractivity contribution in [1.82, 2.24) is 9.80 Å². The molecule has 0 aromatic heterocycles. The highest BCUT2D eigenvalue weighted by molar-refractivity contribution is 6.18. The van der Waals surface area contributed by atoms with Crippen LogP contribution in [0.2, 0.25) is 0 Å². The number of benzene rings is 2. The Morgan fingerprint density at radius 2 is 1.26 bits per heavy atom. The quantitative estimate of drug-likeness (QED) is 0.551. The van der Waals surface area contributed by atoms with Gasteiger partial charge in [0.25, 0.3) is 0 Å². The summed E-state index contributed by atoms with van der Waals surface area (Å²) in [5, 5.41) is 0. The smallest absolute Gasteiger partial charge is 0.237 e. The summed E-state index contributed by atoms with van der Waals surface area (Å²) in [6.07, 6.45) is 0.659. The summed E-state index contributed by atoms with van der Waals surface area (Å²) in [4.78, 5) is 17.5. The lowest BCUT2D eigenvalue weighted by atomic mass is 9.70. The topological polar surface area (TPSA) is 23.6 Å². The van der Waals surface area contributed by atoms with Crippen molar-refractivity contribution in [3.63, 3.8) is 0 Å². The van der Waals surface area contributed by atoms with Gasteiger partial charge in [-0.25, -0.2) is 0 Å². The third-order valence-electron chi connectivity index (χ3n) is 4.91. The van der Waals surface area contributed by atoms with Crippen LogP contribution < -0.4 is 0 Å². The standard InChI is InChI=1S/C22H28Cl2N2O/c1-25(2)21(27)22(19-9-5-3-6-10-19,20-11-7-4-8-12-20)13-16-26(17-14-23)18-15-24/h3-12H,13-18H2,1-2H3. The molecule has 0 aliphatic rings. The first-order chi connectivity index (χ1) is 13.1. The highest BCUT2D eigenvalue weighted by atomic mass is 35.5. The number of amides is 1. The van der Waals surface area contributed by atoms with Crippen molar-refractivity contribution in [2.45, 2.75) is 11.8 Å². The largest absolute Gasteiger partial charge is 0.348 e. The number of rotatable bonds is 10. The molecular weight excluding hydrogens is 379 g/mol. The Balaban J connectivity index is 2.53. The van der Waals surface area contributed by atoms with Crippen LogP contribution in [-0.4, -0.2) is 61.2 Å². The average Bonchev–Trinajstić information content (AvgIpc) is 2.70. The van der Waals surface area contributed by atoms with Crippen molar-refractivity contribution < 1.29 is 4.79 Å². The monoisotopic (exact) mass is 406 g/mol. The number of carbonyl (C=O) groups excluding carboxylic acids is 1. The van der Waals surface area contributed by atoms with Crippen LogP contribution >= 0.6 is 23.2 Å². The summed E-state index contributed by atoms with van der Waals surface area (Å²) >= 11 is 11.9. The molecule has 0 saturated carbocycles. The van der Waals surface area contributed by atoms with Crippen LogP contribution in [0.15, 0.2) is 60.7 Å². The zero-order valence-electron chi connectivity index (χ0n) is 16.1. The van der Waals surface area contributed by atoms with Gasteiger partial charge in [-0.2, -0.15) is 0 Å². The predicted molar refractivity (Wildman–Crippen MR) is 115 cm³/mol. The Morgan fingerprint density at radius 3 is 1.63 bits per heavy atom. The Hall–Kier alpha value is -1.55. The number of hydrogen-bond donors (Lipinski definition) is 0. The fraction of sp³-hybridized carbons (Fsp3) is 0.409. The van der Waals surface area contributed by atoms with E-state index < -0.39 is 5.41 Å². The third-order valence-corrected chi connectivity index (χ3v) is 5.25. The molecule has 27 heavy (non-hydrogen) atoms.